The van der Waals surface area contributed by atoms with Gasteiger partial charge in [-0.1, -0.05) is 24.3 Å². The van der Waals surface area contributed by atoms with Crippen molar-refractivity contribution in [3.8, 4) is 11.1 Å². The Hall–Kier alpha value is -2.65. The van der Waals surface area contributed by atoms with E-state index in [2.05, 4.69) is 47.0 Å². The van der Waals surface area contributed by atoms with Gasteiger partial charge in [-0.15, -0.1) is 17.9 Å². The first-order chi connectivity index (χ1) is 11.3. The zero-order valence-electron chi connectivity index (χ0n) is 12.5. The van der Waals surface area contributed by atoms with Crippen LogP contribution in [0.1, 0.15) is 11.6 Å². The highest BCUT2D eigenvalue weighted by atomic mass is 32.1. The molecule has 0 fully saturated rings. The molecule has 0 amide bonds. The Labute approximate surface area is 138 Å². The summed E-state index contributed by atoms with van der Waals surface area (Å²) in [7, 11) is 0. The summed E-state index contributed by atoms with van der Waals surface area (Å²) >= 11 is 1.76. The molecule has 0 saturated heterocycles. The quantitative estimate of drug-likeness (QED) is 0.490. The van der Waals surface area contributed by atoms with E-state index in [1.165, 1.54) is 15.6 Å². The van der Waals surface area contributed by atoms with Crippen molar-refractivity contribution in [2.75, 3.05) is 0 Å². The number of thiophene rings is 1. The minimum Gasteiger partial charge on any atom is -0.343 e. The second-order valence-electron chi connectivity index (χ2n) is 5.55. The first kappa shape index (κ1) is 14.0. The number of aromatic nitrogens is 1. The summed E-state index contributed by atoms with van der Waals surface area (Å²) in [6.45, 7) is 4.03. The van der Waals surface area contributed by atoms with Gasteiger partial charge in [-0.3, -0.25) is 4.79 Å². The fourth-order valence-electron chi connectivity index (χ4n) is 2.99. The molecule has 4 rings (SSSR count). The molecule has 2 aliphatic rings. The van der Waals surface area contributed by atoms with E-state index in [0.717, 1.165) is 11.1 Å². The first-order valence-corrected chi connectivity index (χ1v) is 8.34. The second kappa shape index (κ2) is 5.52. The van der Waals surface area contributed by atoms with Crippen LogP contribution in [0.15, 0.2) is 83.8 Å². The Morgan fingerprint density at radius 1 is 1.09 bits per heavy atom. The van der Waals surface area contributed by atoms with Crippen LogP contribution >= 0.6 is 11.3 Å². The maximum atomic E-state index is 11.5. The number of nitrogens with zero attached hydrogens (tertiary/aromatic N) is 1. The van der Waals surface area contributed by atoms with E-state index in [-0.39, 0.29) is 11.5 Å². The molecule has 3 heteroatoms. The van der Waals surface area contributed by atoms with Crippen LogP contribution in [-0.2, 0) is 0 Å². The summed E-state index contributed by atoms with van der Waals surface area (Å²) in [5.74, 6) is 0. The monoisotopic (exact) mass is 317 g/mol. The van der Waals surface area contributed by atoms with E-state index in [4.69, 9.17) is 0 Å². The van der Waals surface area contributed by atoms with E-state index < -0.39 is 0 Å². The molecule has 1 aromatic heterocycles. The summed E-state index contributed by atoms with van der Waals surface area (Å²) < 4.78 is 3.43. The maximum Gasteiger partial charge on any atom is 0.179 e. The number of allylic oxidation sites excluding steroid dienone is 1. The number of rotatable bonds is 3. The minimum absolute atomic E-state index is 0.0411. The Bertz CT molecular complexity index is 1030. The SMILES string of the molecule is C=CC(c1csc2ccccc12)n1ccc2cc(=O)ccc-2c1. The Balaban J connectivity index is 1.87. The highest BCUT2D eigenvalue weighted by Crippen LogP contribution is 2.33. The molecule has 23 heavy (non-hydrogen) atoms. The van der Waals surface area contributed by atoms with Crippen molar-refractivity contribution in [2.45, 2.75) is 6.04 Å². The lowest BCUT2D eigenvalue weighted by Gasteiger charge is -2.19. The average Bonchev–Trinajstić information content (AvgIpc) is 3.00. The molecule has 2 nitrogen and oxygen atoms in total. The van der Waals surface area contributed by atoms with Gasteiger partial charge in [0.05, 0.1) is 6.04 Å². The predicted octanol–water partition coefficient (Wildman–Crippen LogP) is 4.94. The largest absolute Gasteiger partial charge is 0.343 e. The van der Waals surface area contributed by atoms with Gasteiger partial charge in [0.1, 0.15) is 0 Å². The van der Waals surface area contributed by atoms with E-state index >= 15 is 0 Å². The molecule has 1 aliphatic carbocycles. The highest BCUT2D eigenvalue weighted by molar-refractivity contribution is 7.17. The molecule has 1 aromatic carbocycles. The van der Waals surface area contributed by atoms with Gasteiger partial charge < -0.3 is 4.57 Å². The molecule has 0 bridgehead atoms. The smallest absolute Gasteiger partial charge is 0.179 e. The Kier molecular flexibility index (Phi) is 3.36. The molecule has 2 aromatic rings. The fourth-order valence-corrected chi connectivity index (χ4v) is 3.98. The van der Waals surface area contributed by atoms with Gasteiger partial charge in [0, 0.05) is 17.1 Å². The van der Waals surface area contributed by atoms with E-state index in [1.807, 2.05) is 24.4 Å². The summed E-state index contributed by atoms with van der Waals surface area (Å²) in [6, 6.07) is 15.6. The van der Waals surface area contributed by atoms with Gasteiger partial charge in [-0.2, -0.15) is 0 Å². The molecule has 0 radical (unpaired) electrons. The van der Waals surface area contributed by atoms with Gasteiger partial charge >= 0.3 is 0 Å². The second-order valence-corrected chi connectivity index (χ2v) is 6.46. The van der Waals surface area contributed by atoms with Crippen molar-refractivity contribution in [3.05, 3.63) is 94.7 Å². The van der Waals surface area contributed by atoms with Crippen LogP contribution in [0.5, 0.6) is 0 Å². The lowest BCUT2D eigenvalue weighted by molar-refractivity contribution is 0.703. The summed E-state index contributed by atoms with van der Waals surface area (Å²) in [4.78, 5) is 11.5. The third-order valence-corrected chi connectivity index (χ3v) is 5.13. The third-order valence-electron chi connectivity index (χ3n) is 4.15. The van der Waals surface area contributed by atoms with Gasteiger partial charge in [-0.25, -0.2) is 0 Å². The van der Waals surface area contributed by atoms with Crippen molar-refractivity contribution in [1.82, 2.24) is 4.57 Å². The van der Waals surface area contributed by atoms with Crippen LogP contribution in [-0.4, -0.2) is 4.57 Å². The number of hydrogen-bond acceptors (Lipinski definition) is 2. The van der Waals surface area contributed by atoms with Crippen molar-refractivity contribution in [3.63, 3.8) is 0 Å². The Morgan fingerprint density at radius 3 is 2.83 bits per heavy atom. The van der Waals surface area contributed by atoms with Crippen LogP contribution in [0.3, 0.4) is 0 Å². The average molecular weight is 317 g/mol. The summed E-state index contributed by atoms with van der Waals surface area (Å²) in [5, 5.41) is 3.47. The van der Waals surface area contributed by atoms with Crippen molar-refractivity contribution < 1.29 is 0 Å². The molecule has 0 spiro atoms. The van der Waals surface area contributed by atoms with Gasteiger partial charge in [0.15, 0.2) is 5.43 Å². The van der Waals surface area contributed by atoms with Crippen molar-refractivity contribution in [1.29, 1.82) is 0 Å². The van der Waals surface area contributed by atoms with Crippen LogP contribution < -0.4 is 5.43 Å². The lowest BCUT2D eigenvalue weighted by atomic mass is 10.0. The third kappa shape index (κ3) is 2.39. The molecule has 0 saturated carbocycles. The van der Waals surface area contributed by atoms with Crippen LogP contribution in [0, 0.1) is 0 Å². The van der Waals surface area contributed by atoms with Crippen LogP contribution in [0.2, 0.25) is 0 Å². The summed E-state index contributed by atoms with van der Waals surface area (Å²) in [6.07, 6.45) is 6.05. The topological polar surface area (TPSA) is 22.0 Å². The highest BCUT2D eigenvalue weighted by Gasteiger charge is 2.15. The van der Waals surface area contributed by atoms with Crippen molar-refractivity contribution >= 4 is 21.4 Å². The molecule has 1 atom stereocenters. The Morgan fingerprint density at radius 2 is 1.96 bits per heavy atom. The predicted molar refractivity (Wildman–Crippen MR) is 97.5 cm³/mol. The number of fused-ring (bicyclic) bond motifs is 2. The number of pyridine rings is 1. The maximum absolute atomic E-state index is 11.5. The zero-order chi connectivity index (χ0) is 15.8. The fraction of sp³-hybridized carbons (Fsp3) is 0.0500. The standard InChI is InChI=1S/C20H15NOS/c1-2-19(18-13-23-20-6-4-3-5-17(18)20)21-10-9-14-11-16(22)8-7-15(14)12-21/h2-13,19H,1H2. The number of benzene rings is 2. The van der Waals surface area contributed by atoms with Gasteiger partial charge in [0.25, 0.3) is 0 Å². The normalized spacial score (nSPS) is 12.5. The van der Waals surface area contributed by atoms with E-state index in [9.17, 15) is 4.79 Å². The summed E-state index contributed by atoms with van der Waals surface area (Å²) in [5.41, 5.74) is 3.31. The van der Waals surface area contributed by atoms with E-state index in [0.29, 0.717) is 0 Å². The van der Waals surface area contributed by atoms with Gasteiger partial charge in [-0.05, 0) is 57.8 Å². The number of hydrogen-bond donors (Lipinski definition) is 0. The molecule has 1 aliphatic heterocycles. The van der Waals surface area contributed by atoms with Crippen LogP contribution in [0.4, 0.5) is 0 Å². The van der Waals surface area contributed by atoms with Gasteiger partial charge in [0.2, 0.25) is 0 Å². The lowest BCUT2D eigenvalue weighted by Crippen LogP contribution is -2.09. The molecule has 1 unspecified atom stereocenters. The molecule has 112 valence electrons. The minimum atomic E-state index is 0.0411. The molecule has 2 heterocycles. The molecular formula is C20H15NOS. The van der Waals surface area contributed by atoms with Crippen LogP contribution in [0.25, 0.3) is 21.2 Å². The molecule has 0 N–H and O–H groups in total. The zero-order valence-corrected chi connectivity index (χ0v) is 13.3. The first-order valence-electron chi connectivity index (χ1n) is 7.46. The molecular weight excluding hydrogens is 302 g/mol. The van der Waals surface area contributed by atoms with Crippen molar-refractivity contribution in [2.24, 2.45) is 0 Å². The van der Waals surface area contributed by atoms with E-state index in [1.54, 1.807) is 23.5 Å².